The summed E-state index contributed by atoms with van der Waals surface area (Å²) in [6.07, 6.45) is -0.888. The van der Waals surface area contributed by atoms with Gasteiger partial charge in [0.2, 0.25) is 17.7 Å². The van der Waals surface area contributed by atoms with Gasteiger partial charge in [-0.3, -0.25) is 33.6 Å². The van der Waals surface area contributed by atoms with E-state index in [9.17, 15) is 48.6 Å². The maximum atomic E-state index is 14.2. The number of nitrogens with zero attached hydrogens (tertiary/aromatic N) is 1. The van der Waals surface area contributed by atoms with Crippen LogP contribution in [0.3, 0.4) is 0 Å². The van der Waals surface area contributed by atoms with Crippen LogP contribution in [0.25, 0.3) is 11.1 Å². The predicted octanol–water partition coefficient (Wildman–Crippen LogP) is 4.30. The van der Waals surface area contributed by atoms with Crippen molar-refractivity contribution >= 4 is 63.8 Å². The molecule has 1 aliphatic rings. The summed E-state index contributed by atoms with van der Waals surface area (Å²) in [7, 11) is 2.67. The predicted molar refractivity (Wildman–Crippen MR) is 258 cm³/mol. The lowest BCUT2D eigenvalue weighted by Crippen LogP contribution is -2.54. The highest BCUT2D eigenvalue weighted by molar-refractivity contribution is 7.15. The number of amides is 4. The van der Waals surface area contributed by atoms with E-state index < -0.39 is 96.7 Å². The molecular weight excluding hydrogens is 925 g/mol. The summed E-state index contributed by atoms with van der Waals surface area (Å²) in [5.41, 5.74) is 4.80. The van der Waals surface area contributed by atoms with E-state index in [2.05, 4.69) is 31.6 Å². The molecule has 0 radical (unpaired) electrons. The first kappa shape index (κ1) is 53.8. The summed E-state index contributed by atoms with van der Waals surface area (Å²) in [6, 6.07) is 19.1. The quantitative estimate of drug-likeness (QED) is 0.0391. The Hall–Kier alpha value is -7.19. The van der Waals surface area contributed by atoms with Gasteiger partial charge in [-0.25, -0.2) is 9.78 Å². The standard InChI is InChI=1S/C50H60N6O13S/c1-5-29(2)46(41(58)19-20-43(60)54-39(18-21-45(62)68-4)42(59)23-31(48(64)65)24-51-44(61)26-53-49-52-25-33(27-57)70-49)56-47(63)40(22-30-14-16-32(67-3)17-15-30)55-50(66)69-28-38-36-12-8-6-10-34(36)35-11-7-9-13-37(35)38/h6-17,25,29,31,38-40,46,57H,5,18-24,26-28H2,1-4H3,(H,51,61)(H,52,53)(H,54,60)(H,55,66)(H,56,63)(H,64,65)/t29-,31-,39-,40-,46-/m0/s1. The first-order valence-electron chi connectivity index (χ1n) is 22.9. The second kappa shape index (κ2) is 26.5. The van der Waals surface area contributed by atoms with Gasteiger partial charge in [0.05, 0.1) is 50.2 Å². The van der Waals surface area contributed by atoms with Gasteiger partial charge in [0, 0.05) is 50.8 Å². The average molecular weight is 985 g/mol. The molecule has 0 unspecified atom stereocenters. The monoisotopic (exact) mass is 984 g/mol. The highest BCUT2D eigenvalue weighted by atomic mass is 32.1. The number of aromatic nitrogens is 1. The van der Waals surface area contributed by atoms with E-state index in [-0.39, 0.29) is 51.4 Å². The summed E-state index contributed by atoms with van der Waals surface area (Å²) in [5, 5.41) is 32.8. The van der Waals surface area contributed by atoms with Crippen LogP contribution in [0.5, 0.6) is 5.75 Å². The Kier molecular flexibility index (Phi) is 20.4. The van der Waals surface area contributed by atoms with Crippen LogP contribution >= 0.6 is 11.3 Å². The Labute approximate surface area is 409 Å². The Morgan fingerprint density at radius 1 is 0.800 bits per heavy atom. The molecule has 0 saturated heterocycles. The molecule has 20 heteroatoms. The van der Waals surface area contributed by atoms with Gasteiger partial charge in [-0.2, -0.15) is 0 Å². The molecule has 4 aromatic rings. The maximum Gasteiger partial charge on any atom is 0.407 e. The largest absolute Gasteiger partial charge is 0.497 e. The van der Waals surface area contributed by atoms with Gasteiger partial charge in [-0.15, -0.1) is 0 Å². The molecule has 0 saturated carbocycles. The Morgan fingerprint density at radius 3 is 2.07 bits per heavy atom. The first-order chi connectivity index (χ1) is 33.6. The third-order valence-electron chi connectivity index (χ3n) is 12.0. The van der Waals surface area contributed by atoms with Crippen LogP contribution in [0.1, 0.15) is 79.9 Å². The number of thiazole rings is 1. The molecule has 374 valence electrons. The van der Waals surface area contributed by atoms with Gasteiger partial charge in [-0.05, 0) is 52.3 Å². The van der Waals surface area contributed by atoms with Crippen LogP contribution in [0.4, 0.5) is 9.93 Å². The molecule has 70 heavy (non-hydrogen) atoms. The number of esters is 1. The number of hydrogen-bond acceptors (Lipinski definition) is 15. The smallest absolute Gasteiger partial charge is 0.407 e. The normalized spacial score (nSPS) is 13.7. The van der Waals surface area contributed by atoms with Crippen molar-refractivity contribution in [1.82, 2.24) is 26.3 Å². The zero-order valence-corrected chi connectivity index (χ0v) is 40.3. The van der Waals surface area contributed by atoms with Crippen molar-refractivity contribution < 1.29 is 62.8 Å². The highest BCUT2D eigenvalue weighted by Crippen LogP contribution is 2.44. The molecule has 3 aromatic carbocycles. The molecule has 7 N–H and O–H groups in total. The van der Waals surface area contributed by atoms with Crippen LogP contribution in [0.15, 0.2) is 79.0 Å². The lowest BCUT2D eigenvalue weighted by molar-refractivity contribution is -0.145. The fraction of sp³-hybridized carbons (Fsp3) is 0.420. The number of ketones is 2. The Balaban J connectivity index is 1.21. The number of carboxylic acids is 1. The molecule has 1 aliphatic carbocycles. The van der Waals surface area contributed by atoms with Crippen molar-refractivity contribution in [2.45, 2.75) is 89.4 Å². The number of nitrogens with one attached hydrogen (secondary N) is 5. The molecule has 1 heterocycles. The molecule has 1 aromatic heterocycles. The highest BCUT2D eigenvalue weighted by Gasteiger charge is 2.34. The molecule has 5 rings (SSSR count). The van der Waals surface area contributed by atoms with E-state index in [4.69, 9.17) is 14.2 Å². The SMILES string of the molecule is CC[C@H](C)[C@H](NC(=O)[C@H](Cc1ccc(OC)cc1)NC(=O)OCC1c2ccccc2-c2ccccc21)C(=O)CCC(=O)N[C@@H](CCC(=O)OC)C(=O)C[C@@H](CNC(=O)CNc1ncc(CO)s1)C(=O)O. The van der Waals surface area contributed by atoms with E-state index in [1.165, 1.54) is 13.3 Å². The van der Waals surface area contributed by atoms with E-state index >= 15 is 0 Å². The van der Waals surface area contributed by atoms with Crippen molar-refractivity contribution in [1.29, 1.82) is 0 Å². The fourth-order valence-corrected chi connectivity index (χ4v) is 8.57. The number of carboxylic acid groups (broad SMARTS) is 1. The molecule has 0 fully saturated rings. The van der Waals surface area contributed by atoms with E-state index in [0.29, 0.717) is 27.7 Å². The number of benzene rings is 3. The molecule has 0 bridgehead atoms. The number of ether oxygens (including phenoxy) is 3. The maximum absolute atomic E-state index is 14.2. The van der Waals surface area contributed by atoms with Crippen molar-refractivity contribution in [2.75, 3.05) is 39.2 Å². The van der Waals surface area contributed by atoms with Crippen molar-refractivity contribution in [3.8, 4) is 16.9 Å². The van der Waals surface area contributed by atoms with Gasteiger partial charge in [0.15, 0.2) is 16.7 Å². The zero-order valence-electron chi connectivity index (χ0n) is 39.5. The van der Waals surface area contributed by atoms with Crippen LogP contribution < -0.4 is 31.3 Å². The fourth-order valence-electron chi connectivity index (χ4n) is 7.90. The minimum atomic E-state index is -1.40. The van der Waals surface area contributed by atoms with Gasteiger partial charge < -0.3 is 51.0 Å². The number of Topliss-reactive ketones (excluding diaryl/α,β-unsaturated/α-hetero) is 2. The number of alkyl carbamates (subject to hydrolysis) is 1. The number of hydrogen-bond donors (Lipinski definition) is 7. The number of anilines is 1. The van der Waals surface area contributed by atoms with E-state index in [1.807, 2.05) is 55.5 Å². The van der Waals surface area contributed by atoms with E-state index in [0.717, 1.165) is 40.7 Å². The van der Waals surface area contributed by atoms with Gasteiger partial charge in [-0.1, -0.05) is 92.3 Å². The summed E-state index contributed by atoms with van der Waals surface area (Å²) in [6.45, 7) is 2.67. The third-order valence-corrected chi connectivity index (χ3v) is 13.0. The van der Waals surface area contributed by atoms with Crippen molar-refractivity contribution in [2.24, 2.45) is 11.8 Å². The number of aliphatic hydroxyl groups is 1. The van der Waals surface area contributed by atoms with Gasteiger partial charge in [0.1, 0.15) is 18.4 Å². The van der Waals surface area contributed by atoms with Crippen molar-refractivity contribution in [3.05, 3.63) is 101 Å². The summed E-state index contributed by atoms with van der Waals surface area (Å²) < 4.78 is 15.8. The Morgan fingerprint density at radius 2 is 1.47 bits per heavy atom. The summed E-state index contributed by atoms with van der Waals surface area (Å²) >= 11 is 1.13. The second-order valence-corrected chi connectivity index (χ2v) is 17.9. The Bertz CT molecular complexity index is 2430. The second-order valence-electron chi connectivity index (χ2n) is 16.8. The van der Waals surface area contributed by atoms with Gasteiger partial charge in [0.25, 0.3) is 0 Å². The molecule has 0 spiro atoms. The zero-order chi connectivity index (χ0) is 50.7. The minimum absolute atomic E-state index is 0.00136. The molecule has 5 atom stereocenters. The lowest BCUT2D eigenvalue weighted by Gasteiger charge is -2.26. The molecular formula is C50H60N6O13S. The molecule has 19 nitrogen and oxygen atoms in total. The molecule has 4 amide bonds. The number of aliphatic carboxylic acids is 1. The number of carbonyl (C=O) groups is 8. The number of methoxy groups -OCH3 is 2. The van der Waals surface area contributed by atoms with E-state index in [1.54, 1.807) is 31.2 Å². The summed E-state index contributed by atoms with van der Waals surface area (Å²) in [4.78, 5) is 110. The van der Waals surface area contributed by atoms with Crippen LogP contribution in [0.2, 0.25) is 0 Å². The topological polar surface area (TPSA) is 278 Å². The van der Waals surface area contributed by atoms with Crippen LogP contribution in [0, 0.1) is 11.8 Å². The third kappa shape index (κ3) is 15.4. The first-order valence-corrected chi connectivity index (χ1v) is 23.7. The minimum Gasteiger partial charge on any atom is -0.497 e. The van der Waals surface area contributed by atoms with Crippen molar-refractivity contribution in [3.63, 3.8) is 0 Å². The number of carbonyl (C=O) groups excluding carboxylic acids is 7. The number of aliphatic hydroxyl groups excluding tert-OH is 1. The summed E-state index contributed by atoms with van der Waals surface area (Å²) in [5.74, 6) is -6.79. The molecule has 0 aliphatic heterocycles. The van der Waals surface area contributed by atoms with Gasteiger partial charge >= 0.3 is 18.0 Å². The average Bonchev–Trinajstić information content (AvgIpc) is 3.97. The lowest BCUT2D eigenvalue weighted by atomic mass is 9.92. The number of rotatable bonds is 28. The number of fused-ring (bicyclic) bond motifs is 3. The van der Waals surface area contributed by atoms with Crippen LogP contribution in [-0.4, -0.2) is 115 Å². The van der Waals surface area contributed by atoms with Crippen LogP contribution in [-0.2, 0) is 56.1 Å².